The lowest BCUT2D eigenvalue weighted by Crippen LogP contribution is -2.07. The van der Waals surface area contributed by atoms with Crippen molar-refractivity contribution < 1.29 is 24.2 Å². The van der Waals surface area contributed by atoms with Gasteiger partial charge in [0.15, 0.2) is 0 Å². The van der Waals surface area contributed by atoms with Crippen LogP contribution in [0.5, 0.6) is 11.5 Å². The zero-order chi connectivity index (χ0) is 15.7. The van der Waals surface area contributed by atoms with Crippen molar-refractivity contribution in [3.63, 3.8) is 0 Å². The van der Waals surface area contributed by atoms with E-state index < -0.39 is 5.97 Å². The lowest BCUT2D eigenvalue weighted by molar-refractivity contribution is -0.134. The molecule has 0 radical (unpaired) electrons. The third kappa shape index (κ3) is 6.61. The molecule has 0 aliphatic rings. The summed E-state index contributed by atoms with van der Waals surface area (Å²) >= 11 is 0. The molecule has 1 rings (SSSR count). The lowest BCUT2D eigenvalue weighted by atomic mass is 10.1. The van der Waals surface area contributed by atoms with E-state index >= 15 is 0 Å². The number of ether oxygens (including phenoxy) is 2. The highest BCUT2D eigenvalue weighted by molar-refractivity contribution is 5.85. The predicted molar refractivity (Wildman–Crippen MR) is 78.5 cm³/mol. The van der Waals surface area contributed by atoms with Gasteiger partial charge in [-0.1, -0.05) is 6.58 Å². The second kappa shape index (κ2) is 8.79. The fraction of sp³-hybridized carbons (Fsp3) is 0.375. The Kier molecular flexibility index (Phi) is 7.01. The molecule has 0 aliphatic heterocycles. The highest BCUT2D eigenvalue weighted by Crippen LogP contribution is 2.18. The van der Waals surface area contributed by atoms with Crippen molar-refractivity contribution >= 4 is 11.9 Å². The number of hydrogen-bond donors (Lipinski definition) is 1. The first-order valence-electron chi connectivity index (χ1n) is 6.87. The predicted octanol–water partition coefficient (Wildman–Crippen LogP) is 3.19. The largest absolute Gasteiger partial charge is 0.494 e. The third-order valence-electron chi connectivity index (χ3n) is 2.78. The summed E-state index contributed by atoms with van der Waals surface area (Å²) in [5.74, 6) is -0.130. The van der Waals surface area contributed by atoms with Crippen molar-refractivity contribution in [2.24, 2.45) is 0 Å². The Morgan fingerprint density at radius 1 is 1.10 bits per heavy atom. The number of hydrogen-bond acceptors (Lipinski definition) is 4. The van der Waals surface area contributed by atoms with Gasteiger partial charge in [0.2, 0.25) is 0 Å². The normalized spacial score (nSPS) is 9.95. The zero-order valence-electron chi connectivity index (χ0n) is 12.1. The second-order valence-corrected chi connectivity index (χ2v) is 4.49. The molecule has 0 fully saturated rings. The zero-order valence-corrected chi connectivity index (χ0v) is 12.1. The maximum Gasteiger partial charge on any atom is 0.330 e. The van der Waals surface area contributed by atoms with E-state index in [1.54, 1.807) is 24.3 Å². The fourth-order valence-electron chi connectivity index (χ4n) is 1.67. The molecule has 1 aromatic carbocycles. The lowest BCUT2D eigenvalue weighted by Gasteiger charge is -2.06. The number of benzene rings is 1. The quantitative estimate of drug-likeness (QED) is 0.327. The van der Waals surface area contributed by atoms with E-state index in [0.29, 0.717) is 31.6 Å². The van der Waals surface area contributed by atoms with E-state index in [2.05, 4.69) is 6.58 Å². The Hall–Kier alpha value is -2.30. The van der Waals surface area contributed by atoms with Gasteiger partial charge in [-0.15, -0.1) is 0 Å². The molecule has 114 valence electrons. The van der Waals surface area contributed by atoms with Gasteiger partial charge in [0.05, 0.1) is 6.61 Å². The van der Waals surface area contributed by atoms with Gasteiger partial charge in [0.1, 0.15) is 11.5 Å². The van der Waals surface area contributed by atoms with Crippen LogP contribution in [-0.4, -0.2) is 23.7 Å². The number of carboxylic acids is 1. The Balaban J connectivity index is 2.27. The maximum absolute atomic E-state index is 11.6. The van der Waals surface area contributed by atoms with Gasteiger partial charge < -0.3 is 14.6 Å². The van der Waals surface area contributed by atoms with Crippen LogP contribution in [0.2, 0.25) is 0 Å². The average molecular weight is 292 g/mol. The van der Waals surface area contributed by atoms with Crippen molar-refractivity contribution in [3.8, 4) is 11.5 Å². The van der Waals surface area contributed by atoms with Gasteiger partial charge >= 0.3 is 11.9 Å². The standard InChI is InChI=1S/C16H20O5/c1-3-20-13-8-10-14(11-9-13)21-15(17)7-5-4-6-12(2)16(18)19/h8-11H,2-7H2,1H3,(H,18,19). The minimum Gasteiger partial charge on any atom is -0.494 e. The van der Waals surface area contributed by atoms with E-state index in [4.69, 9.17) is 14.6 Å². The summed E-state index contributed by atoms with van der Waals surface area (Å²) in [7, 11) is 0. The SMILES string of the molecule is C=C(CCCCC(=O)Oc1ccc(OCC)cc1)C(=O)O. The van der Waals surface area contributed by atoms with Crippen molar-refractivity contribution in [3.05, 3.63) is 36.4 Å². The van der Waals surface area contributed by atoms with Crippen LogP contribution in [-0.2, 0) is 9.59 Å². The van der Waals surface area contributed by atoms with E-state index in [1.807, 2.05) is 6.92 Å². The molecule has 0 aromatic heterocycles. The molecule has 1 aromatic rings. The monoisotopic (exact) mass is 292 g/mol. The number of esters is 1. The van der Waals surface area contributed by atoms with Crippen LogP contribution < -0.4 is 9.47 Å². The fourth-order valence-corrected chi connectivity index (χ4v) is 1.67. The van der Waals surface area contributed by atoms with Gasteiger partial charge in [0, 0.05) is 12.0 Å². The first kappa shape index (κ1) is 16.8. The van der Waals surface area contributed by atoms with E-state index in [-0.39, 0.29) is 18.0 Å². The molecule has 0 heterocycles. The summed E-state index contributed by atoms with van der Waals surface area (Å²) < 4.78 is 10.5. The smallest absolute Gasteiger partial charge is 0.330 e. The van der Waals surface area contributed by atoms with Crippen LogP contribution in [0.15, 0.2) is 36.4 Å². The Labute approximate surface area is 124 Å². The molecule has 5 heteroatoms. The topological polar surface area (TPSA) is 72.8 Å². The molecule has 1 N–H and O–H groups in total. The van der Waals surface area contributed by atoms with Gasteiger partial charge in [-0.25, -0.2) is 4.79 Å². The second-order valence-electron chi connectivity index (χ2n) is 4.49. The van der Waals surface area contributed by atoms with Gasteiger partial charge in [-0.2, -0.15) is 0 Å². The van der Waals surface area contributed by atoms with Crippen LogP contribution in [0.1, 0.15) is 32.6 Å². The van der Waals surface area contributed by atoms with Crippen molar-refractivity contribution in [2.75, 3.05) is 6.61 Å². The van der Waals surface area contributed by atoms with E-state index in [1.165, 1.54) is 0 Å². The molecule has 0 saturated carbocycles. The van der Waals surface area contributed by atoms with Gasteiger partial charge in [-0.3, -0.25) is 4.79 Å². The van der Waals surface area contributed by atoms with Gasteiger partial charge in [-0.05, 0) is 50.5 Å². The van der Waals surface area contributed by atoms with Crippen molar-refractivity contribution in [1.82, 2.24) is 0 Å². The van der Waals surface area contributed by atoms with Crippen LogP contribution in [0.3, 0.4) is 0 Å². The molecule has 0 amide bonds. The number of carbonyl (C=O) groups is 2. The number of aliphatic carboxylic acids is 1. The van der Waals surface area contributed by atoms with Crippen molar-refractivity contribution in [2.45, 2.75) is 32.6 Å². The van der Waals surface area contributed by atoms with Crippen molar-refractivity contribution in [1.29, 1.82) is 0 Å². The molecular formula is C16H20O5. The van der Waals surface area contributed by atoms with E-state index in [9.17, 15) is 9.59 Å². The Bertz CT molecular complexity index is 490. The maximum atomic E-state index is 11.6. The number of carbonyl (C=O) groups excluding carboxylic acids is 1. The highest BCUT2D eigenvalue weighted by atomic mass is 16.5. The molecule has 0 spiro atoms. The summed E-state index contributed by atoms with van der Waals surface area (Å²) in [4.78, 5) is 22.2. The summed E-state index contributed by atoms with van der Waals surface area (Å²) in [5.41, 5.74) is 0.162. The number of carboxylic acid groups (broad SMARTS) is 1. The molecule has 0 aliphatic carbocycles. The summed E-state index contributed by atoms with van der Waals surface area (Å²) in [6.45, 7) is 5.91. The minimum atomic E-state index is -0.994. The summed E-state index contributed by atoms with van der Waals surface area (Å²) in [5, 5.41) is 8.64. The Morgan fingerprint density at radius 2 is 1.67 bits per heavy atom. The van der Waals surface area contributed by atoms with Crippen LogP contribution in [0, 0.1) is 0 Å². The molecule has 0 unspecified atom stereocenters. The molecule has 21 heavy (non-hydrogen) atoms. The molecular weight excluding hydrogens is 272 g/mol. The highest BCUT2D eigenvalue weighted by Gasteiger charge is 2.07. The third-order valence-corrected chi connectivity index (χ3v) is 2.78. The van der Waals surface area contributed by atoms with Crippen LogP contribution in [0.25, 0.3) is 0 Å². The average Bonchev–Trinajstić information content (AvgIpc) is 2.45. The first-order valence-corrected chi connectivity index (χ1v) is 6.87. The van der Waals surface area contributed by atoms with Crippen LogP contribution >= 0.6 is 0 Å². The number of rotatable bonds is 9. The summed E-state index contributed by atoms with van der Waals surface area (Å²) in [6.07, 6.45) is 1.80. The summed E-state index contributed by atoms with van der Waals surface area (Å²) in [6, 6.07) is 6.83. The van der Waals surface area contributed by atoms with E-state index in [0.717, 1.165) is 5.75 Å². The molecule has 0 atom stereocenters. The Morgan fingerprint density at radius 3 is 2.24 bits per heavy atom. The van der Waals surface area contributed by atoms with Gasteiger partial charge in [0.25, 0.3) is 0 Å². The molecule has 5 nitrogen and oxygen atoms in total. The molecule has 0 saturated heterocycles. The molecule has 0 bridgehead atoms. The van der Waals surface area contributed by atoms with Crippen LogP contribution in [0.4, 0.5) is 0 Å². The minimum absolute atomic E-state index is 0.162. The first-order chi connectivity index (χ1) is 10.0. The number of unbranched alkanes of at least 4 members (excludes halogenated alkanes) is 1.